The molecule has 106 valence electrons. The monoisotopic (exact) mass is 305 g/mol. The molecule has 0 spiro atoms. The predicted octanol–water partition coefficient (Wildman–Crippen LogP) is 2.82. The van der Waals surface area contributed by atoms with E-state index in [0.717, 1.165) is 0 Å². The summed E-state index contributed by atoms with van der Waals surface area (Å²) in [6.07, 6.45) is 0.310. The van der Waals surface area contributed by atoms with E-state index in [1.807, 2.05) is 0 Å². The lowest BCUT2D eigenvalue weighted by molar-refractivity contribution is -0.160. The summed E-state index contributed by atoms with van der Waals surface area (Å²) in [5.41, 5.74) is 5.07. The Morgan fingerprint density at radius 3 is 2.58 bits per heavy atom. The van der Waals surface area contributed by atoms with Gasteiger partial charge in [0.1, 0.15) is 12.4 Å². The van der Waals surface area contributed by atoms with Gasteiger partial charge in [0.15, 0.2) is 0 Å². The van der Waals surface area contributed by atoms with Gasteiger partial charge < -0.3 is 15.2 Å². The normalized spacial score (nSPS) is 13.6. The first kappa shape index (κ1) is 15.9. The number of hydrogen-bond donors (Lipinski definition) is 1. The third-order valence-electron chi connectivity index (χ3n) is 2.57. The Balaban J connectivity index is 2.87. The Labute approximate surface area is 122 Å². The molecule has 0 saturated carbocycles. The number of para-hydroxylation sites is 2. The lowest BCUT2D eigenvalue weighted by Crippen LogP contribution is -2.43. The molecule has 0 aliphatic heterocycles. The summed E-state index contributed by atoms with van der Waals surface area (Å²) in [4.78, 5) is 12.0. The van der Waals surface area contributed by atoms with E-state index in [1.165, 1.54) is 0 Å². The van der Waals surface area contributed by atoms with Gasteiger partial charge in [-0.1, -0.05) is 12.1 Å². The quantitative estimate of drug-likeness (QED) is 0.478. The first-order valence-electron chi connectivity index (χ1n) is 5.86. The Morgan fingerprint density at radius 1 is 1.32 bits per heavy atom. The highest BCUT2D eigenvalue weighted by Gasteiger charge is 2.37. The van der Waals surface area contributed by atoms with Crippen LogP contribution in [0.25, 0.3) is 0 Å². The van der Waals surface area contributed by atoms with Crippen molar-refractivity contribution in [2.45, 2.75) is 18.9 Å². The maximum atomic E-state index is 12.0. The van der Waals surface area contributed by atoms with Crippen molar-refractivity contribution in [1.29, 1.82) is 0 Å². The molecule has 0 heterocycles. The van der Waals surface area contributed by atoms with E-state index >= 15 is 0 Å². The van der Waals surface area contributed by atoms with Gasteiger partial charge in [0, 0.05) is 12.3 Å². The zero-order chi connectivity index (χ0) is 14.3. The van der Waals surface area contributed by atoms with Crippen LogP contribution in [-0.4, -0.2) is 29.9 Å². The summed E-state index contributed by atoms with van der Waals surface area (Å²) < 4.78 is 10.7. The van der Waals surface area contributed by atoms with Crippen LogP contribution in [-0.2, 0) is 9.53 Å². The molecule has 1 atom stereocenters. The van der Waals surface area contributed by atoms with Crippen LogP contribution in [0.15, 0.2) is 24.3 Å². The number of carbonyl (C=O) groups is 1. The molecule has 0 bridgehead atoms. The van der Waals surface area contributed by atoms with Crippen LogP contribution in [0.5, 0.6) is 5.75 Å². The van der Waals surface area contributed by atoms with Gasteiger partial charge in [0.2, 0.25) is 5.60 Å². The van der Waals surface area contributed by atoms with Crippen molar-refractivity contribution < 1.29 is 14.3 Å². The number of nitrogen functional groups attached to an aromatic ring is 1. The molecule has 19 heavy (non-hydrogen) atoms. The van der Waals surface area contributed by atoms with Crippen molar-refractivity contribution in [3.63, 3.8) is 0 Å². The second-order valence-electron chi connectivity index (χ2n) is 4.13. The molecule has 1 aromatic rings. The van der Waals surface area contributed by atoms with Crippen LogP contribution in [0, 0.1) is 0 Å². The molecule has 0 amide bonds. The molecule has 0 fully saturated rings. The molecule has 4 nitrogen and oxygen atoms in total. The van der Waals surface area contributed by atoms with Crippen LogP contribution in [0.1, 0.15) is 13.3 Å². The number of halogens is 2. The fourth-order valence-corrected chi connectivity index (χ4v) is 1.91. The SMILES string of the molecule is CC(CCCl)(Oc1ccccc1N)C(=O)OCCCl. The van der Waals surface area contributed by atoms with E-state index < -0.39 is 11.6 Å². The summed E-state index contributed by atoms with van der Waals surface area (Å²) in [6, 6.07) is 6.95. The van der Waals surface area contributed by atoms with E-state index in [2.05, 4.69) is 0 Å². The molecule has 0 aliphatic rings. The molecule has 1 rings (SSSR count). The van der Waals surface area contributed by atoms with E-state index in [4.69, 9.17) is 38.4 Å². The van der Waals surface area contributed by atoms with E-state index in [0.29, 0.717) is 17.9 Å². The average molecular weight is 306 g/mol. The molecular formula is C13H17Cl2NO3. The second-order valence-corrected chi connectivity index (χ2v) is 4.89. The Bertz CT molecular complexity index is 428. The van der Waals surface area contributed by atoms with Crippen molar-refractivity contribution in [1.82, 2.24) is 0 Å². The molecule has 1 aromatic carbocycles. The number of carbonyl (C=O) groups excluding carboxylic acids is 1. The minimum Gasteiger partial charge on any atom is -0.474 e. The average Bonchev–Trinajstić information content (AvgIpc) is 2.39. The summed E-state index contributed by atoms with van der Waals surface area (Å²) in [6.45, 7) is 1.75. The number of alkyl halides is 2. The molecule has 0 saturated heterocycles. The first-order valence-corrected chi connectivity index (χ1v) is 6.93. The second kappa shape index (κ2) is 7.46. The van der Waals surface area contributed by atoms with E-state index in [9.17, 15) is 4.79 Å². The maximum absolute atomic E-state index is 12.0. The number of ether oxygens (including phenoxy) is 2. The standard InChI is InChI=1S/C13H17Cl2NO3/c1-13(6-7-14,12(17)18-9-8-15)19-11-5-3-2-4-10(11)16/h2-5H,6-9,16H2,1H3. The van der Waals surface area contributed by atoms with Gasteiger partial charge in [-0.3, -0.25) is 0 Å². The van der Waals surface area contributed by atoms with E-state index in [1.54, 1.807) is 31.2 Å². The number of hydrogen-bond acceptors (Lipinski definition) is 4. The fraction of sp³-hybridized carbons (Fsp3) is 0.462. The van der Waals surface area contributed by atoms with Crippen LogP contribution >= 0.6 is 23.2 Å². The first-order chi connectivity index (χ1) is 9.03. The third kappa shape index (κ3) is 4.48. The van der Waals surface area contributed by atoms with Crippen LogP contribution in [0.2, 0.25) is 0 Å². The van der Waals surface area contributed by atoms with Gasteiger partial charge in [-0.15, -0.1) is 23.2 Å². The van der Waals surface area contributed by atoms with Crippen LogP contribution in [0.4, 0.5) is 5.69 Å². The number of nitrogens with two attached hydrogens (primary N) is 1. The summed E-state index contributed by atoms with van der Waals surface area (Å²) >= 11 is 11.2. The number of esters is 1. The Morgan fingerprint density at radius 2 is 2.00 bits per heavy atom. The molecule has 2 N–H and O–H groups in total. The lowest BCUT2D eigenvalue weighted by atomic mass is 10.0. The van der Waals surface area contributed by atoms with Crippen molar-refractivity contribution in [2.24, 2.45) is 0 Å². The molecular weight excluding hydrogens is 289 g/mol. The predicted molar refractivity (Wildman–Crippen MR) is 76.9 cm³/mol. The highest BCUT2D eigenvalue weighted by molar-refractivity contribution is 6.18. The van der Waals surface area contributed by atoms with Crippen molar-refractivity contribution >= 4 is 34.9 Å². The molecule has 1 unspecified atom stereocenters. The highest BCUT2D eigenvalue weighted by Crippen LogP contribution is 2.28. The fourth-order valence-electron chi connectivity index (χ4n) is 1.48. The van der Waals surface area contributed by atoms with Crippen LogP contribution < -0.4 is 10.5 Å². The summed E-state index contributed by atoms with van der Waals surface area (Å²) in [5.74, 6) is 0.421. The number of rotatable bonds is 7. The van der Waals surface area contributed by atoms with Gasteiger partial charge in [0.25, 0.3) is 0 Å². The lowest BCUT2D eigenvalue weighted by Gasteiger charge is -2.28. The zero-order valence-electron chi connectivity index (χ0n) is 10.7. The van der Waals surface area contributed by atoms with E-state index in [-0.39, 0.29) is 18.4 Å². The van der Waals surface area contributed by atoms with Crippen molar-refractivity contribution in [2.75, 3.05) is 24.1 Å². The van der Waals surface area contributed by atoms with Crippen molar-refractivity contribution in [3.8, 4) is 5.75 Å². The summed E-state index contributed by atoms with van der Waals surface area (Å²) in [7, 11) is 0. The molecule has 0 radical (unpaired) electrons. The van der Waals surface area contributed by atoms with Gasteiger partial charge in [0.05, 0.1) is 11.6 Å². The topological polar surface area (TPSA) is 61.5 Å². The largest absolute Gasteiger partial charge is 0.474 e. The zero-order valence-corrected chi connectivity index (χ0v) is 12.2. The minimum absolute atomic E-state index is 0.131. The van der Waals surface area contributed by atoms with Gasteiger partial charge in [-0.05, 0) is 19.1 Å². The number of anilines is 1. The summed E-state index contributed by atoms with van der Waals surface area (Å²) in [5, 5.41) is 0. The molecule has 0 aliphatic carbocycles. The number of benzene rings is 1. The highest BCUT2D eigenvalue weighted by atomic mass is 35.5. The van der Waals surface area contributed by atoms with Gasteiger partial charge in [-0.2, -0.15) is 0 Å². The van der Waals surface area contributed by atoms with Crippen LogP contribution in [0.3, 0.4) is 0 Å². The molecule has 0 aromatic heterocycles. The Kier molecular flexibility index (Phi) is 6.25. The smallest absolute Gasteiger partial charge is 0.350 e. The maximum Gasteiger partial charge on any atom is 0.350 e. The third-order valence-corrected chi connectivity index (χ3v) is 2.91. The van der Waals surface area contributed by atoms with Gasteiger partial charge >= 0.3 is 5.97 Å². The Hall–Kier alpha value is -1.13. The minimum atomic E-state index is -1.18. The van der Waals surface area contributed by atoms with Gasteiger partial charge in [-0.25, -0.2) is 4.79 Å². The molecule has 6 heteroatoms. The van der Waals surface area contributed by atoms with Crippen molar-refractivity contribution in [3.05, 3.63) is 24.3 Å².